The van der Waals surface area contributed by atoms with E-state index < -0.39 is 21.8 Å². The molecule has 0 atom stereocenters. The highest BCUT2D eigenvalue weighted by atomic mass is 32.2. The molecule has 0 bridgehead atoms. The molecular formula is C26H42O5S. The Labute approximate surface area is 195 Å². The van der Waals surface area contributed by atoms with Gasteiger partial charge < -0.3 is 8.92 Å². The molecule has 0 amide bonds. The number of unbranched alkanes of at least 4 members (excludes halogenated alkanes) is 5. The van der Waals surface area contributed by atoms with Crippen molar-refractivity contribution in [2.75, 3.05) is 6.61 Å². The van der Waals surface area contributed by atoms with Crippen molar-refractivity contribution in [1.82, 2.24) is 0 Å². The van der Waals surface area contributed by atoms with Gasteiger partial charge in [-0.2, -0.15) is 8.42 Å². The number of benzene rings is 1. The fourth-order valence-corrected chi connectivity index (χ4v) is 5.10. The fraction of sp³-hybridized carbons (Fsp3) is 0.654. The van der Waals surface area contributed by atoms with Gasteiger partial charge in [0.05, 0.1) is 6.61 Å². The van der Waals surface area contributed by atoms with Crippen LogP contribution in [-0.4, -0.2) is 21.0 Å². The molecule has 0 radical (unpaired) electrons. The summed E-state index contributed by atoms with van der Waals surface area (Å²) in [5, 5.41) is 0. The van der Waals surface area contributed by atoms with Gasteiger partial charge >= 0.3 is 16.1 Å². The van der Waals surface area contributed by atoms with Crippen LogP contribution in [0.2, 0.25) is 0 Å². The van der Waals surface area contributed by atoms with Crippen molar-refractivity contribution in [3.63, 3.8) is 0 Å². The molecule has 0 fully saturated rings. The van der Waals surface area contributed by atoms with Crippen LogP contribution in [0.5, 0.6) is 0 Å². The number of hydrogen-bond acceptors (Lipinski definition) is 5. The Morgan fingerprint density at radius 3 is 1.84 bits per heavy atom. The molecule has 0 aromatic heterocycles. The Morgan fingerprint density at radius 2 is 1.38 bits per heavy atom. The maximum absolute atomic E-state index is 13.3. The van der Waals surface area contributed by atoms with E-state index in [2.05, 4.69) is 27.4 Å². The monoisotopic (exact) mass is 466 g/mol. The van der Waals surface area contributed by atoms with E-state index in [-0.39, 0.29) is 29.3 Å². The molecule has 0 saturated heterocycles. The molecule has 0 aliphatic heterocycles. The lowest BCUT2D eigenvalue weighted by Crippen LogP contribution is -2.18. The maximum Gasteiger partial charge on any atom is 0.374 e. The molecule has 0 saturated carbocycles. The van der Waals surface area contributed by atoms with Crippen LogP contribution in [0, 0.1) is 0 Å². The first-order chi connectivity index (χ1) is 14.9. The molecule has 0 N–H and O–H groups in total. The van der Waals surface area contributed by atoms with Crippen molar-refractivity contribution in [3.05, 3.63) is 41.2 Å². The van der Waals surface area contributed by atoms with Gasteiger partial charge in [-0.25, -0.2) is 4.79 Å². The zero-order valence-corrected chi connectivity index (χ0v) is 21.8. The highest BCUT2D eigenvalue weighted by molar-refractivity contribution is 7.87. The molecule has 32 heavy (non-hydrogen) atoms. The van der Waals surface area contributed by atoms with Crippen LogP contribution in [-0.2, 0) is 23.8 Å². The Balaban J connectivity index is 3.00. The van der Waals surface area contributed by atoms with Gasteiger partial charge in [-0.15, -0.1) is 0 Å². The topological polar surface area (TPSA) is 69.7 Å². The van der Waals surface area contributed by atoms with E-state index in [9.17, 15) is 13.2 Å². The Kier molecular flexibility index (Phi) is 11.5. The molecular weight excluding hydrogens is 424 g/mol. The van der Waals surface area contributed by atoms with Crippen LogP contribution in [0.25, 0.3) is 0 Å². The normalized spacial score (nSPS) is 11.9. The molecule has 5 nitrogen and oxygen atoms in total. The van der Waals surface area contributed by atoms with E-state index in [0.717, 1.165) is 24.8 Å². The van der Waals surface area contributed by atoms with Crippen molar-refractivity contribution in [3.8, 4) is 0 Å². The minimum Gasteiger partial charge on any atom is -0.460 e. The maximum atomic E-state index is 13.3. The minimum absolute atomic E-state index is 0.0347. The SMILES string of the molecule is C=C(OS(=O)(=O)c1c(C(C)C)cc(C(C)C)cc1C(C)C)C(=O)OCCCCCCCC. The van der Waals surface area contributed by atoms with E-state index >= 15 is 0 Å². The third-order valence-electron chi connectivity index (χ3n) is 5.50. The molecule has 0 aliphatic carbocycles. The number of rotatable bonds is 14. The van der Waals surface area contributed by atoms with E-state index in [1.54, 1.807) is 0 Å². The van der Waals surface area contributed by atoms with Crippen molar-refractivity contribution in [2.45, 2.75) is 110 Å². The lowest BCUT2D eigenvalue weighted by molar-refractivity contribution is -0.141. The summed E-state index contributed by atoms with van der Waals surface area (Å²) in [5.74, 6) is -1.15. The van der Waals surface area contributed by atoms with Crippen molar-refractivity contribution < 1.29 is 22.1 Å². The van der Waals surface area contributed by atoms with E-state index in [0.29, 0.717) is 11.1 Å². The summed E-state index contributed by atoms with van der Waals surface area (Å²) in [7, 11) is -4.24. The summed E-state index contributed by atoms with van der Waals surface area (Å²) in [6.45, 7) is 17.9. The molecule has 0 aliphatic rings. The van der Waals surface area contributed by atoms with Gasteiger partial charge in [0.15, 0.2) is 0 Å². The lowest BCUT2D eigenvalue weighted by Gasteiger charge is -2.22. The van der Waals surface area contributed by atoms with Crippen LogP contribution in [0.1, 0.15) is 121 Å². The van der Waals surface area contributed by atoms with E-state index in [1.165, 1.54) is 19.3 Å². The van der Waals surface area contributed by atoms with Gasteiger partial charge in [-0.05, 0) is 47.4 Å². The zero-order chi connectivity index (χ0) is 24.5. The highest BCUT2D eigenvalue weighted by Gasteiger charge is 2.30. The van der Waals surface area contributed by atoms with Gasteiger partial charge in [0.25, 0.3) is 0 Å². The largest absolute Gasteiger partial charge is 0.460 e. The number of esters is 1. The van der Waals surface area contributed by atoms with Crippen LogP contribution in [0.15, 0.2) is 29.4 Å². The molecule has 1 aromatic carbocycles. The standard InChI is InChI=1S/C26H42O5S/c1-9-10-11-12-13-14-15-30-26(27)21(8)31-32(28,29)25-23(19(4)5)16-22(18(2)3)17-24(25)20(6)7/h16-20H,8-15H2,1-7H3. The summed E-state index contributed by atoms with van der Waals surface area (Å²) in [4.78, 5) is 12.4. The lowest BCUT2D eigenvalue weighted by atomic mass is 9.89. The second-order valence-corrected chi connectivity index (χ2v) is 10.8. The molecule has 182 valence electrons. The number of hydrogen-bond donors (Lipinski definition) is 0. The third-order valence-corrected chi connectivity index (χ3v) is 6.89. The number of ether oxygens (including phenoxy) is 1. The first-order valence-electron chi connectivity index (χ1n) is 11.9. The minimum atomic E-state index is -4.24. The van der Waals surface area contributed by atoms with Gasteiger partial charge in [-0.1, -0.05) is 92.7 Å². The molecule has 0 heterocycles. The summed E-state index contributed by atoms with van der Waals surface area (Å²) < 4.78 is 36.9. The van der Waals surface area contributed by atoms with Gasteiger partial charge in [-0.3, -0.25) is 0 Å². The quantitative estimate of drug-likeness (QED) is 0.0954. The predicted octanol–water partition coefficient (Wildman–Crippen LogP) is 7.18. The van der Waals surface area contributed by atoms with Crippen LogP contribution >= 0.6 is 0 Å². The Bertz CT molecular complexity index is 837. The van der Waals surface area contributed by atoms with Gasteiger partial charge in [0.1, 0.15) is 4.90 Å². The molecule has 0 spiro atoms. The number of carbonyl (C=O) groups excluding carboxylic acids is 1. The molecule has 0 unspecified atom stereocenters. The second kappa shape index (κ2) is 13.0. The van der Waals surface area contributed by atoms with Crippen molar-refractivity contribution >= 4 is 16.1 Å². The Morgan fingerprint density at radius 1 is 0.875 bits per heavy atom. The van der Waals surface area contributed by atoms with Crippen LogP contribution in [0.4, 0.5) is 0 Å². The third kappa shape index (κ3) is 8.27. The molecule has 6 heteroatoms. The van der Waals surface area contributed by atoms with E-state index in [1.807, 2.05) is 39.8 Å². The smallest absolute Gasteiger partial charge is 0.374 e. The Hall–Kier alpha value is -1.82. The van der Waals surface area contributed by atoms with Crippen molar-refractivity contribution in [1.29, 1.82) is 0 Å². The first-order valence-corrected chi connectivity index (χ1v) is 13.3. The van der Waals surface area contributed by atoms with E-state index in [4.69, 9.17) is 8.92 Å². The second-order valence-electron chi connectivity index (χ2n) is 9.36. The van der Waals surface area contributed by atoms with Crippen molar-refractivity contribution in [2.24, 2.45) is 0 Å². The summed E-state index contributed by atoms with van der Waals surface area (Å²) in [6, 6.07) is 3.86. The van der Waals surface area contributed by atoms with Gasteiger partial charge in [0, 0.05) is 0 Å². The average molecular weight is 467 g/mol. The fourth-order valence-electron chi connectivity index (χ4n) is 3.51. The zero-order valence-electron chi connectivity index (χ0n) is 21.0. The van der Waals surface area contributed by atoms with Crippen LogP contribution in [0.3, 0.4) is 0 Å². The summed E-state index contributed by atoms with van der Waals surface area (Å²) >= 11 is 0. The molecule has 1 aromatic rings. The first kappa shape index (κ1) is 28.2. The summed E-state index contributed by atoms with van der Waals surface area (Å²) in [5.41, 5.74) is 2.45. The molecule has 1 rings (SSSR count). The van der Waals surface area contributed by atoms with Gasteiger partial charge in [0.2, 0.25) is 5.76 Å². The predicted molar refractivity (Wildman–Crippen MR) is 130 cm³/mol. The van der Waals surface area contributed by atoms with Crippen LogP contribution < -0.4 is 0 Å². The average Bonchev–Trinajstić information content (AvgIpc) is 2.71. The highest BCUT2D eigenvalue weighted by Crippen LogP contribution is 2.36. The summed E-state index contributed by atoms with van der Waals surface area (Å²) in [6.07, 6.45) is 6.36. The number of carbonyl (C=O) groups is 1.